The van der Waals surface area contributed by atoms with Gasteiger partial charge in [0.2, 0.25) is 0 Å². The minimum Gasteiger partial charge on any atom is -0.399 e. The number of nitrogen functional groups attached to an aromatic ring is 1. The Balaban J connectivity index is 1.89. The molecule has 6 heteroatoms. The van der Waals surface area contributed by atoms with Crippen LogP contribution in [0.25, 0.3) is 11.5 Å². The van der Waals surface area contributed by atoms with Crippen LogP contribution in [0.3, 0.4) is 0 Å². The second kappa shape index (κ2) is 4.97. The van der Waals surface area contributed by atoms with E-state index in [1.54, 1.807) is 0 Å². The quantitative estimate of drug-likeness (QED) is 0.842. The maximum atomic E-state index is 13.7. The van der Waals surface area contributed by atoms with Crippen LogP contribution in [-0.2, 0) is 4.74 Å². The number of ether oxygens (including phenoxy) is 1. The zero-order valence-electron chi connectivity index (χ0n) is 10.3. The Bertz CT molecular complexity index is 579. The van der Waals surface area contributed by atoms with Crippen molar-refractivity contribution in [3.8, 4) is 11.5 Å². The molecule has 3 rings (SSSR count). The van der Waals surface area contributed by atoms with Gasteiger partial charge in [0.1, 0.15) is 5.82 Å². The molecule has 1 aromatic carbocycles. The average Bonchev–Trinajstić information content (AvgIpc) is 2.92. The summed E-state index contributed by atoms with van der Waals surface area (Å²) in [5.41, 5.74) is 6.34. The fourth-order valence-corrected chi connectivity index (χ4v) is 2.17. The van der Waals surface area contributed by atoms with Crippen molar-refractivity contribution >= 4 is 5.69 Å². The van der Waals surface area contributed by atoms with E-state index in [4.69, 9.17) is 15.0 Å². The first-order chi connectivity index (χ1) is 9.24. The highest BCUT2D eigenvalue weighted by Gasteiger charge is 2.22. The van der Waals surface area contributed by atoms with Gasteiger partial charge in [0.05, 0.1) is 5.56 Å². The standard InChI is InChI=1S/C13H14FN3O2/c14-11-2-1-9(15)7-10(11)13-16-12(17-19-13)8-3-5-18-6-4-8/h1-2,7-8H,3-6,15H2. The molecule has 0 atom stereocenters. The van der Waals surface area contributed by atoms with E-state index in [1.807, 2.05) is 0 Å². The summed E-state index contributed by atoms with van der Waals surface area (Å²) in [6, 6.07) is 4.29. The largest absolute Gasteiger partial charge is 0.399 e. The zero-order valence-corrected chi connectivity index (χ0v) is 10.3. The Kier molecular flexibility index (Phi) is 3.16. The van der Waals surface area contributed by atoms with Crippen molar-refractivity contribution in [1.82, 2.24) is 10.1 Å². The van der Waals surface area contributed by atoms with Gasteiger partial charge in [-0.2, -0.15) is 4.98 Å². The first kappa shape index (κ1) is 12.1. The molecule has 100 valence electrons. The molecule has 2 aromatic rings. The fourth-order valence-electron chi connectivity index (χ4n) is 2.17. The van der Waals surface area contributed by atoms with E-state index in [9.17, 15) is 4.39 Å². The van der Waals surface area contributed by atoms with Crippen molar-refractivity contribution in [1.29, 1.82) is 0 Å². The third-order valence-electron chi connectivity index (χ3n) is 3.25. The maximum absolute atomic E-state index is 13.7. The van der Waals surface area contributed by atoms with E-state index in [1.165, 1.54) is 18.2 Å². The Hall–Kier alpha value is -1.95. The maximum Gasteiger partial charge on any atom is 0.260 e. The Morgan fingerprint density at radius 2 is 2.05 bits per heavy atom. The van der Waals surface area contributed by atoms with Crippen LogP contribution in [0.5, 0.6) is 0 Å². The van der Waals surface area contributed by atoms with Gasteiger partial charge in [0.25, 0.3) is 5.89 Å². The molecule has 0 aliphatic carbocycles. The molecule has 0 radical (unpaired) electrons. The second-order valence-electron chi connectivity index (χ2n) is 4.58. The molecule has 0 unspecified atom stereocenters. The number of nitrogens with zero attached hydrogens (tertiary/aromatic N) is 2. The molecule has 2 heterocycles. The molecule has 19 heavy (non-hydrogen) atoms. The number of halogens is 1. The highest BCUT2D eigenvalue weighted by Crippen LogP contribution is 2.28. The fraction of sp³-hybridized carbons (Fsp3) is 0.385. The molecule has 0 bridgehead atoms. The van der Waals surface area contributed by atoms with Crippen molar-refractivity contribution < 1.29 is 13.7 Å². The predicted molar refractivity (Wildman–Crippen MR) is 66.9 cm³/mol. The number of anilines is 1. The van der Waals surface area contributed by atoms with Gasteiger partial charge in [-0.3, -0.25) is 0 Å². The molecule has 2 N–H and O–H groups in total. The lowest BCUT2D eigenvalue weighted by Crippen LogP contribution is -2.15. The van der Waals surface area contributed by atoms with Gasteiger partial charge < -0.3 is 15.0 Å². The van der Waals surface area contributed by atoms with Crippen molar-refractivity contribution in [3.05, 3.63) is 29.8 Å². The molecule has 5 nitrogen and oxygen atoms in total. The van der Waals surface area contributed by atoms with E-state index in [0.717, 1.165) is 12.8 Å². The highest BCUT2D eigenvalue weighted by molar-refractivity contribution is 5.60. The third kappa shape index (κ3) is 2.44. The predicted octanol–water partition coefficient (Wildman–Crippen LogP) is 2.35. The summed E-state index contributed by atoms with van der Waals surface area (Å²) >= 11 is 0. The number of hydrogen-bond acceptors (Lipinski definition) is 5. The molecule has 1 aliphatic rings. The Morgan fingerprint density at radius 3 is 2.84 bits per heavy atom. The summed E-state index contributed by atoms with van der Waals surface area (Å²) in [5, 5.41) is 3.94. The third-order valence-corrected chi connectivity index (χ3v) is 3.25. The molecule has 0 saturated carbocycles. The Morgan fingerprint density at radius 1 is 1.26 bits per heavy atom. The summed E-state index contributed by atoms with van der Waals surface area (Å²) in [6.45, 7) is 1.39. The minimum atomic E-state index is -0.420. The lowest BCUT2D eigenvalue weighted by atomic mass is 10.00. The van der Waals surface area contributed by atoms with Gasteiger partial charge >= 0.3 is 0 Å². The van der Waals surface area contributed by atoms with Gasteiger partial charge in [-0.15, -0.1) is 0 Å². The van der Waals surface area contributed by atoms with E-state index < -0.39 is 5.82 Å². The van der Waals surface area contributed by atoms with Crippen LogP contribution >= 0.6 is 0 Å². The molecule has 0 spiro atoms. The van der Waals surface area contributed by atoms with Crippen molar-refractivity contribution in [2.75, 3.05) is 18.9 Å². The van der Waals surface area contributed by atoms with Crippen molar-refractivity contribution in [2.24, 2.45) is 0 Å². The molecular formula is C13H14FN3O2. The summed E-state index contributed by atoms with van der Waals surface area (Å²) in [7, 11) is 0. The van der Waals surface area contributed by atoms with Gasteiger partial charge in [-0.25, -0.2) is 4.39 Å². The van der Waals surface area contributed by atoms with Gasteiger partial charge in [-0.05, 0) is 31.0 Å². The van der Waals surface area contributed by atoms with Crippen LogP contribution in [0.2, 0.25) is 0 Å². The normalized spacial score (nSPS) is 16.7. The first-order valence-electron chi connectivity index (χ1n) is 6.21. The summed E-state index contributed by atoms with van der Waals surface area (Å²) < 4.78 is 24.1. The smallest absolute Gasteiger partial charge is 0.260 e. The molecule has 1 saturated heterocycles. The zero-order chi connectivity index (χ0) is 13.2. The average molecular weight is 263 g/mol. The van der Waals surface area contributed by atoms with E-state index in [0.29, 0.717) is 24.7 Å². The molecule has 1 aromatic heterocycles. The number of hydrogen-bond donors (Lipinski definition) is 1. The molecule has 1 fully saturated rings. The molecule has 0 amide bonds. The van der Waals surface area contributed by atoms with E-state index >= 15 is 0 Å². The monoisotopic (exact) mass is 263 g/mol. The van der Waals surface area contributed by atoms with Crippen LogP contribution in [0, 0.1) is 5.82 Å². The van der Waals surface area contributed by atoms with Gasteiger partial charge in [-0.1, -0.05) is 5.16 Å². The number of aromatic nitrogens is 2. The SMILES string of the molecule is Nc1ccc(F)c(-c2nc(C3CCOCC3)no2)c1. The summed E-state index contributed by atoms with van der Waals surface area (Å²) in [5.74, 6) is 0.582. The van der Waals surface area contributed by atoms with Crippen molar-refractivity contribution in [2.45, 2.75) is 18.8 Å². The lowest BCUT2D eigenvalue weighted by molar-refractivity contribution is 0.0830. The van der Waals surface area contributed by atoms with Crippen LogP contribution in [0.4, 0.5) is 10.1 Å². The second-order valence-corrected chi connectivity index (χ2v) is 4.58. The minimum absolute atomic E-state index is 0.172. The van der Waals surface area contributed by atoms with Crippen LogP contribution in [-0.4, -0.2) is 23.4 Å². The number of benzene rings is 1. The van der Waals surface area contributed by atoms with Crippen LogP contribution in [0.1, 0.15) is 24.6 Å². The van der Waals surface area contributed by atoms with Gasteiger partial charge in [0, 0.05) is 24.8 Å². The van der Waals surface area contributed by atoms with Crippen LogP contribution < -0.4 is 5.73 Å². The summed E-state index contributed by atoms with van der Waals surface area (Å²) in [4.78, 5) is 4.28. The van der Waals surface area contributed by atoms with E-state index in [-0.39, 0.29) is 17.4 Å². The molecule has 1 aliphatic heterocycles. The number of rotatable bonds is 2. The summed E-state index contributed by atoms with van der Waals surface area (Å²) in [6.07, 6.45) is 1.72. The van der Waals surface area contributed by atoms with Crippen molar-refractivity contribution in [3.63, 3.8) is 0 Å². The first-order valence-corrected chi connectivity index (χ1v) is 6.21. The number of nitrogens with two attached hydrogens (primary N) is 1. The van der Waals surface area contributed by atoms with Gasteiger partial charge in [0.15, 0.2) is 5.82 Å². The highest BCUT2D eigenvalue weighted by atomic mass is 19.1. The molecular weight excluding hydrogens is 249 g/mol. The van der Waals surface area contributed by atoms with Crippen LogP contribution in [0.15, 0.2) is 22.7 Å². The van der Waals surface area contributed by atoms with E-state index in [2.05, 4.69) is 10.1 Å². The topological polar surface area (TPSA) is 74.2 Å². The Labute approximate surface area is 109 Å². The lowest BCUT2D eigenvalue weighted by Gasteiger charge is -2.18.